The minimum absolute atomic E-state index is 0.206. The van der Waals surface area contributed by atoms with Gasteiger partial charge in [0.05, 0.1) is 31.0 Å². The Labute approximate surface area is 220 Å². The highest BCUT2D eigenvalue weighted by atomic mass is 16.5. The molecule has 11 nitrogen and oxygen atoms in total. The van der Waals surface area contributed by atoms with Crippen LogP contribution in [-0.2, 0) is 29.2 Å². The molecule has 0 bridgehead atoms. The van der Waals surface area contributed by atoms with Gasteiger partial charge in [-0.1, -0.05) is 30.3 Å². The number of carbonyl (C=O) groups excluding carboxylic acids is 2. The second-order valence-corrected chi connectivity index (χ2v) is 8.58. The second-order valence-electron chi connectivity index (χ2n) is 8.58. The number of esters is 1. The molecule has 38 heavy (non-hydrogen) atoms. The number of fused-ring (bicyclic) bond motifs is 1. The molecule has 0 aliphatic carbocycles. The average molecular weight is 521 g/mol. The molecule has 0 atom stereocenters. The molecule has 2 aromatic carbocycles. The van der Waals surface area contributed by atoms with Gasteiger partial charge in [0.2, 0.25) is 5.95 Å². The van der Waals surface area contributed by atoms with Gasteiger partial charge in [-0.25, -0.2) is 19.3 Å². The molecule has 0 saturated heterocycles. The number of hydrogen-bond acceptors (Lipinski definition) is 8. The van der Waals surface area contributed by atoms with Crippen molar-refractivity contribution in [1.82, 2.24) is 24.6 Å². The number of amides is 1. The largest absolute Gasteiger partial charge is 0.494 e. The van der Waals surface area contributed by atoms with E-state index in [1.807, 2.05) is 59.5 Å². The number of anilines is 2. The fraction of sp³-hybridized carbons (Fsp3) is 0.333. The number of rotatable bonds is 11. The smallest absolute Gasteiger partial charge is 0.407 e. The van der Waals surface area contributed by atoms with E-state index < -0.39 is 12.1 Å². The van der Waals surface area contributed by atoms with Crippen molar-refractivity contribution in [3.63, 3.8) is 0 Å². The van der Waals surface area contributed by atoms with Crippen molar-refractivity contribution in [3.8, 4) is 5.75 Å². The first-order valence-electron chi connectivity index (χ1n) is 12.4. The van der Waals surface area contributed by atoms with Crippen molar-refractivity contribution in [3.05, 3.63) is 65.4 Å². The molecule has 0 fully saturated rings. The Morgan fingerprint density at radius 1 is 1.08 bits per heavy atom. The number of nitrogens with one attached hydrogen (secondary N) is 2. The van der Waals surface area contributed by atoms with Gasteiger partial charge in [0.1, 0.15) is 23.7 Å². The van der Waals surface area contributed by atoms with Crippen LogP contribution in [0.1, 0.15) is 35.0 Å². The van der Waals surface area contributed by atoms with Crippen LogP contribution < -0.4 is 15.4 Å². The van der Waals surface area contributed by atoms with Crippen molar-refractivity contribution < 1.29 is 23.8 Å². The summed E-state index contributed by atoms with van der Waals surface area (Å²) in [5.74, 6) is 1.35. The average Bonchev–Trinajstić information content (AvgIpc) is 3.47. The van der Waals surface area contributed by atoms with Crippen molar-refractivity contribution in [2.24, 2.45) is 0 Å². The topological polar surface area (TPSA) is 122 Å². The maximum Gasteiger partial charge on any atom is 0.407 e. The first kappa shape index (κ1) is 26.5. The van der Waals surface area contributed by atoms with Crippen LogP contribution in [-0.4, -0.2) is 52.2 Å². The van der Waals surface area contributed by atoms with Gasteiger partial charge in [0.15, 0.2) is 0 Å². The Morgan fingerprint density at radius 3 is 2.58 bits per heavy atom. The van der Waals surface area contributed by atoms with Crippen LogP contribution in [0.4, 0.5) is 16.6 Å². The first-order valence-corrected chi connectivity index (χ1v) is 12.4. The molecule has 2 aromatic heterocycles. The quantitative estimate of drug-likeness (QED) is 0.220. The molecule has 0 spiro atoms. The molecule has 4 aromatic rings. The Balaban J connectivity index is 1.54. The van der Waals surface area contributed by atoms with E-state index in [0.717, 1.165) is 17.1 Å². The maximum absolute atomic E-state index is 12.2. The van der Waals surface area contributed by atoms with Crippen molar-refractivity contribution >= 4 is 34.9 Å². The lowest BCUT2D eigenvalue weighted by Crippen LogP contribution is -2.26. The highest BCUT2D eigenvalue weighted by Gasteiger charge is 2.20. The number of methoxy groups -OCH3 is 2. The van der Waals surface area contributed by atoms with Crippen LogP contribution in [0.25, 0.3) is 11.0 Å². The second kappa shape index (κ2) is 12.1. The SMILES string of the molecule is CCn1nc(C)cc1Nc1nc2cc(C(=O)OC)cc(OC)c2n1CCCNC(=O)OCc1ccccc1. The van der Waals surface area contributed by atoms with E-state index in [4.69, 9.17) is 19.2 Å². The minimum Gasteiger partial charge on any atom is -0.494 e. The zero-order valence-corrected chi connectivity index (χ0v) is 22.0. The number of nitrogens with zero attached hydrogens (tertiary/aromatic N) is 4. The van der Waals surface area contributed by atoms with Crippen LogP contribution in [0, 0.1) is 6.92 Å². The summed E-state index contributed by atoms with van der Waals surface area (Å²) in [5, 5.41) is 10.7. The third-order valence-corrected chi connectivity index (χ3v) is 5.93. The summed E-state index contributed by atoms with van der Waals surface area (Å²) in [6, 6.07) is 14.8. The van der Waals surface area contributed by atoms with Gasteiger partial charge >= 0.3 is 12.1 Å². The van der Waals surface area contributed by atoms with E-state index in [1.165, 1.54) is 7.11 Å². The summed E-state index contributed by atoms with van der Waals surface area (Å²) in [7, 11) is 2.87. The lowest BCUT2D eigenvalue weighted by molar-refractivity contribution is 0.0600. The molecule has 1 amide bonds. The lowest BCUT2D eigenvalue weighted by Gasteiger charge is -2.14. The van der Waals surface area contributed by atoms with E-state index >= 15 is 0 Å². The number of carbonyl (C=O) groups is 2. The van der Waals surface area contributed by atoms with E-state index in [-0.39, 0.29) is 6.61 Å². The number of benzene rings is 2. The summed E-state index contributed by atoms with van der Waals surface area (Å²) >= 11 is 0. The van der Waals surface area contributed by atoms with Gasteiger partial charge in [-0.3, -0.25) is 0 Å². The third kappa shape index (κ3) is 6.05. The highest BCUT2D eigenvalue weighted by molar-refractivity contribution is 5.97. The zero-order chi connectivity index (χ0) is 27.1. The number of imidazole rings is 1. The predicted octanol–water partition coefficient (Wildman–Crippen LogP) is 4.42. The Morgan fingerprint density at radius 2 is 1.87 bits per heavy atom. The van der Waals surface area contributed by atoms with Crippen molar-refractivity contribution in [2.45, 2.75) is 40.0 Å². The molecule has 2 heterocycles. The lowest BCUT2D eigenvalue weighted by atomic mass is 10.2. The van der Waals surface area contributed by atoms with E-state index in [1.54, 1.807) is 19.2 Å². The number of alkyl carbamates (subject to hydrolysis) is 1. The molecule has 11 heteroatoms. The minimum atomic E-state index is -0.481. The number of ether oxygens (including phenoxy) is 3. The van der Waals surface area contributed by atoms with E-state index in [0.29, 0.717) is 54.3 Å². The normalized spacial score (nSPS) is 10.8. The summed E-state index contributed by atoms with van der Waals surface area (Å²) in [6.45, 7) is 5.72. The molecular formula is C27H32N6O5. The summed E-state index contributed by atoms with van der Waals surface area (Å²) in [5.41, 5.74) is 3.42. The van der Waals surface area contributed by atoms with Crippen LogP contribution >= 0.6 is 0 Å². The predicted molar refractivity (Wildman–Crippen MR) is 143 cm³/mol. The molecular weight excluding hydrogens is 488 g/mol. The maximum atomic E-state index is 12.2. The Hall–Kier alpha value is -4.54. The first-order chi connectivity index (χ1) is 18.4. The van der Waals surface area contributed by atoms with Crippen LogP contribution in [0.3, 0.4) is 0 Å². The molecule has 0 saturated carbocycles. The molecule has 0 radical (unpaired) electrons. The van der Waals surface area contributed by atoms with Gasteiger partial charge in [-0.2, -0.15) is 5.10 Å². The third-order valence-electron chi connectivity index (χ3n) is 5.93. The fourth-order valence-corrected chi connectivity index (χ4v) is 4.14. The number of aromatic nitrogens is 4. The standard InChI is InChI=1S/C27H32N6O5/c1-5-33-23(14-18(2)31-33)30-26-29-21-15-20(25(34)37-4)16-22(36-3)24(21)32(26)13-9-12-28-27(35)38-17-19-10-7-6-8-11-19/h6-8,10-11,14-16H,5,9,12-13,17H2,1-4H3,(H,28,35)(H,29,30). The monoisotopic (exact) mass is 520 g/mol. The summed E-state index contributed by atoms with van der Waals surface area (Å²) in [6.07, 6.45) is 0.111. The molecule has 200 valence electrons. The highest BCUT2D eigenvalue weighted by Crippen LogP contribution is 2.32. The van der Waals surface area contributed by atoms with E-state index in [2.05, 4.69) is 15.7 Å². The van der Waals surface area contributed by atoms with Gasteiger partial charge in [-0.05, 0) is 38.0 Å². The summed E-state index contributed by atoms with van der Waals surface area (Å²) in [4.78, 5) is 29.2. The fourth-order valence-electron chi connectivity index (χ4n) is 4.14. The van der Waals surface area contributed by atoms with Gasteiger partial charge in [0.25, 0.3) is 0 Å². The molecule has 0 aliphatic heterocycles. The molecule has 0 aliphatic rings. The van der Waals surface area contributed by atoms with Crippen LogP contribution in [0.2, 0.25) is 0 Å². The molecule has 2 N–H and O–H groups in total. The van der Waals surface area contributed by atoms with Gasteiger partial charge < -0.3 is 29.4 Å². The van der Waals surface area contributed by atoms with Crippen molar-refractivity contribution in [1.29, 1.82) is 0 Å². The number of aryl methyl sites for hydroxylation is 3. The number of hydrogen-bond donors (Lipinski definition) is 2. The van der Waals surface area contributed by atoms with Crippen LogP contribution in [0.15, 0.2) is 48.5 Å². The summed E-state index contributed by atoms with van der Waals surface area (Å²) < 4.78 is 19.6. The van der Waals surface area contributed by atoms with Gasteiger partial charge in [0, 0.05) is 25.7 Å². The molecule has 4 rings (SSSR count). The van der Waals surface area contributed by atoms with Crippen molar-refractivity contribution in [2.75, 3.05) is 26.1 Å². The zero-order valence-electron chi connectivity index (χ0n) is 22.0. The van der Waals surface area contributed by atoms with Gasteiger partial charge in [-0.15, -0.1) is 0 Å². The Bertz CT molecular complexity index is 1410. The van der Waals surface area contributed by atoms with Crippen LogP contribution in [0.5, 0.6) is 5.75 Å². The molecule has 0 unspecified atom stereocenters. The Kier molecular flexibility index (Phi) is 8.47. The van der Waals surface area contributed by atoms with E-state index in [9.17, 15) is 9.59 Å².